The maximum Gasteiger partial charge on any atom is 0.391 e. The Morgan fingerprint density at radius 2 is 1.93 bits per heavy atom. The number of halogens is 6. The molecule has 0 spiro atoms. The first-order chi connectivity index (χ1) is 14.0. The summed E-state index contributed by atoms with van der Waals surface area (Å²) in [6, 6.07) is 3.79. The molecule has 0 fully saturated rings. The van der Waals surface area contributed by atoms with E-state index < -0.39 is 31.1 Å². The van der Waals surface area contributed by atoms with Gasteiger partial charge in [0.1, 0.15) is 10.8 Å². The van der Waals surface area contributed by atoms with Crippen molar-refractivity contribution < 1.29 is 36.2 Å². The lowest BCUT2D eigenvalue weighted by molar-refractivity contribution is -0.169. The van der Waals surface area contributed by atoms with E-state index in [0.717, 1.165) is 13.0 Å². The number of carbonyl (C=O) groups is 1. The Labute approximate surface area is 174 Å². The Hall–Kier alpha value is -2.36. The molecule has 1 aromatic heterocycles. The maximum atomic E-state index is 13.0. The van der Waals surface area contributed by atoms with Gasteiger partial charge in [0.25, 0.3) is 0 Å². The van der Waals surface area contributed by atoms with Crippen LogP contribution < -0.4 is 4.74 Å². The van der Waals surface area contributed by atoms with Crippen LogP contribution in [0.1, 0.15) is 36.8 Å². The van der Waals surface area contributed by atoms with Crippen LogP contribution in [-0.4, -0.2) is 35.1 Å². The second-order valence-corrected chi connectivity index (χ2v) is 6.78. The van der Waals surface area contributed by atoms with Gasteiger partial charge in [0, 0.05) is 12.1 Å². The molecule has 166 valence electrons. The average Bonchev–Trinajstić information content (AvgIpc) is 2.97. The molecule has 11 heteroatoms. The van der Waals surface area contributed by atoms with Gasteiger partial charge in [0.05, 0.1) is 18.2 Å². The normalized spacial score (nSPS) is 12.9. The number of rotatable bonds is 8. The smallest absolute Gasteiger partial charge is 0.391 e. The predicted octanol–water partition coefficient (Wildman–Crippen LogP) is 5.74. The fourth-order valence-corrected chi connectivity index (χ4v) is 3.12. The van der Waals surface area contributed by atoms with Crippen molar-refractivity contribution in [3.63, 3.8) is 0 Å². The molecule has 0 bridgehead atoms. The van der Waals surface area contributed by atoms with E-state index in [-0.39, 0.29) is 46.4 Å². The van der Waals surface area contributed by atoms with Crippen molar-refractivity contribution in [2.75, 3.05) is 6.61 Å². The predicted molar refractivity (Wildman–Crippen MR) is 99.9 cm³/mol. The summed E-state index contributed by atoms with van der Waals surface area (Å²) in [6.45, 7) is 1.37. The minimum Gasteiger partial charge on any atom is -0.461 e. The first-order valence-electron chi connectivity index (χ1n) is 9.07. The number of aryl methyl sites for hydroxylation is 1. The largest absolute Gasteiger partial charge is 0.461 e. The van der Waals surface area contributed by atoms with Crippen molar-refractivity contribution in [2.24, 2.45) is 5.92 Å². The standard InChI is InChI=1S/C19H20ClF5N2O3/c1-4-27-16(14(20)15(26-27)17(28)29-5-2)12-7-6-11(8-10(3)19(23,24)25)9-13(12)30-18(21)22/h6-7,9-10,18H,4-5,8H2,1-3H3/t10-/m1/s1. The van der Waals surface area contributed by atoms with Gasteiger partial charge >= 0.3 is 18.8 Å². The average molecular weight is 455 g/mol. The molecule has 0 N–H and O–H groups in total. The van der Waals surface area contributed by atoms with Crippen LogP contribution >= 0.6 is 11.6 Å². The highest BCUT2D eigenvalue weighted by molar-refractivity contribution is 6.36. The summed E-state index contributed by atoms with van der Waals surface area (Å²) in [5.74, 6) is -2.84. The highest BCUT2D eigenvalue weighted by Gasteiger charge is 2.36. The van der Waals surface area contributed by atoms with Gasteiger partial charge in [-0.2, -0.15) is 27.1 Å². The van der Waals surface area contributed by atoms with Gasteiger partial charge < -0.3 is 9.47 Å². The number of aromatic nitrogens is 2. The molecule has 0 aliphatic carbocycles. The monoisotopic (exact) mass is 454 g/mol. The molecule has 0 amide bonds. The van der Waals surface area contributed by atoms with Crippen LogP contribution in [0.4, 0.5) is 22.0 Å². The van der Waals surface area contributed by atoms with E-state index in [4.69, 9.17) is 16.3 Å². The van der Waals surface area contributed by atoms with Crippen molar-refractivity contribution in [3.8, 4) is 17.0 Å². The molecule has 0 aliphatic heterocycles. The number of esters is 1. The zero-order valence-electron chi connectivity index (χ0n) is 16.4. The summed E-state index contributed by atoms with van der Waals surface area (Å²) in [6.07, 6.45) is -4.85. The molecule has 2 rings (SSSR count). The fourth-order valence-electron chi connectivity index (χ4n) is 2.81. The van der Waals surface area contributed by atoms with Gasteiger partial charge in [-0.05, 0) is 38.0 Å². The molecule has 30 heavy (non-hydrogen) atoms. The minimum atomic E-state index is -4.43. The van der Waals surface area contributed by atoms with Gasteiger partial charge in [0.2, 0.25) is 0 Å². The second-order valence-electron chi connectivity index (χ2n) is 6.40. The zero-order chi connectivity index (χ0) is 22.6. The zero-order valence-corrected chi connectivity index (χ0v) is 17.2. The summed E-state index contributed by atoms with van der Waals surface area (Å²) >= 11 is 6.29. The van der Waals surface area contributed by atoms with Crippen LogP contribution in [0.15, 0.2) is 18.2 Å². The van der Waals surface area contributed by atoms with Crippen molar-refractivity contribution in [3.05, 3.63) is 34.5 Å². The van der Waals surface area contributed by atoms with E-state index in [0.29, 0.717) is 0 Å². The van der Waals surface area contributed by atoms with E-state index in [1.54, 1.807) is 13.8 Å². The quantitative estimate of drug-likeness (QED) is 0.377. The number of nitrogens with zero attached hydrogens (tertiary/aromatic N) is 2. The van der Waals surface area contributed by atoms with Gasteiger partial charge in [-0.15, -0.1) is 0 Å². The lowest BCUT2D eigenvalue weighted by atomic mass is 9.98. The molecule has 5 nitrogen and oxygen atoms in total. The first kappa shape index (κ1) is 23.9. The Bertz CT molecular complexity index is 899. The van der Waals surface area contributed by atoms with Crippen LogP contribution in [0.3, 0.4) is 0 Å². The highest BCUT2D eigenvalue weighted by atomic mass is 35.5. The lowest BCUT2D eigenvalue weighted by Crippen LogP contribution is -2.21. The molecular formula is C19H20ClF5N2O3. The molecule has 2 aromatic rings. The molecule has 0 radical (unpaired) electrons. The number of hydrogen-bond donors (Lipinski definition) is 0. The summed E-state index contributed by atoms with van der Waals surface area (Å²) in [4.78, 5) is 12.1. The second kappa shape index (κ2) is 9.63. The van der Waals surface area contributed by atoms with E-state index in [9.17, 15) is 26.7 Å². The Kier molecular flexibility index (Phi) is 7.68. The number of ether oxygens (including phenoxy) is 2. The molecule has 0 unspecified atom stereocenters. The molecule has 0 saturated heterocycles. The van der Waals surface area contributed by atoms with Gasteiger partial charge in [-0.3, -0.25) is 4.68 Å². The van der Waals surface area contributed by atoms with Crippen molar-refractivity contribution in [1.29, 1.82) is 0 Å². The summed E-state index contributed by atoms with van der Waals surface area (Å²) in [7, 11) is 0. The number of benzene rings is 1. The number of alkyl halides is 5. The van der Waals surface area contributed by atoms with Gasteiger partial charge in [-0.25, -0.2) is 4.79 Å². The summed E-state index contributed by atoms with van der Waals surface area (Å²) in [5.41, 5.74) is 0.138. The SMILES string of the molecule is CCOC(=O)c1nn(CC)c(-c2ccc(C[C@@H](C)C(F)(F)F)cc2OC(F)F)c1Cl. The minimum absolute atomic E-state index is 0.0635. The highest BCUT2D eigenvalue weighted by Crippen LogP contribution is 2.39. The van der Waals surface area contributed by atoms with Crippen molar-refractivity contribution >= 4 is 17.6 Å². The Balaban J connectivity index is 2.56. The molecular weight excluding hydrogens is 435 g/mol. The third-order valence-electron chi connectivity index (χ3n) is 4.28. The third-order valence-corrected chi connectivity index (χ3v) is 4.64. The molecule has 1 aromatic carbocycles. The molecule has 0 aliphatic rings. The van der Waals surface area contributed by atoms with Gasteiger partial charge in [-0.1, -0.05) is 24.6 Å². The lowest BCUT2D eigenvalue weighted by Gasteiger charge is -2.18. The van der Waals surface area contributed by atoms with E-state index >= 15 is 0 Å². The van der Waals surface area contributed by atoms with Gasteiger partial charge in [0.15, 0.2) is 5.69 Å². The maximum absolute atomic E-state index is 13.0. The van der Waals surface area contributed by atoms with Crippen molar-refractivity contribution in [1.82, 2.24) is 9.78 Å². The summed E-state index contributed by atoms with van der Waals surface area (Å²) in [5, 5.41) is 3.93. The van der Waals surface area contributed by atoms with Crippen LogP contribution in [0.5, 0.6) is 5.75 Å². The summed E-state index contributed by atoms with van der Waals surface area (Å²) < 4.78 is 75.3. The van der Waals surface area contributed by atoms with Crippen LogP contribution in [0.25, 0.3) is 11.3 Å². The van der Waals surface area contributed by atoms with Crippen LogP contribution in [-0.2, 0) is 17.7 Å². The molecule has 1 heterocycles. The van der Waals surface area contributed by atoms with Crippen molar-refractivity contribution in [2.45, 2.75) is 46.5 Å². The van der Waals surface area contributed by atoms with Crippen LogP contribution in [0.2, 0.25) is 5.02 Å². The number of hydrogen-bond acceptors (Lipinski definition) is 4. The van der Waals surface area contributed by atoms with E-state index in [1.165, 1.54) is 16.8 Å². The Morgan fingerprint density at radius 3 is 2.47 bits per heavy atom. The van der Waals surface area contributed by atoms with E-state index in [2.05, 4.69) is 9.84 Å². The third kappa shape index (κ3) is 5.41. The van der Waals surface area contributed by atoms with E-state index in [1.807, 2.05) is 0 Å². The molecule has 1 atom stereocenters. The topological polar surface area (TPSA) is 53.3 Å². The van der Waals surface area contributed by atoms with Crippen LogP contribution in [0, 0.1) is 5.92 Å². The Morgan fingerprint density at radius 1 is 1.27 bits per heavy atom. The fraction of sp³-hybridized carbons (Fsp3) is 0.474. The first-order valence-corrected chi connectivity index (χ1v) is 9.45. The number of carbonyl (C=O) groups excluding carboxylic acids is 1. The molecule has 0 saturated carbocycles.